The van der Waals surface area contributed by atoms with Gasteiger partial charge in [-0.25, -0.2) is 4.52 Å². The average molecular weight is 408 g/mol. The van der Waals surface area contributed by atoms with Gasteiger partial charge in [0.15, 0.2) is 0 Å². The first-order chi connectivity index (χ1) is 15.2. The zero-order chi connectivity index (χ0) is 21.2. The number of benzene rings is 1. The van der Waals surface area contributed by atoms with Crippen LogP contribution in [-0.2, 0) is 13.6 Å². The maximum atomic E-state index is 5.65. The van der Waals surface area contributed by atoms with Crippen molar-refractivity contribution in [2.75, 3.05) is 7.11 Å². The van der Waals surface area contributed by atoms with Crippen molar-refractivity contribution in [1.82, 2.24) is 29.2 Å². The smallest absolute Gasteiger partial charge is 0.146 e. The minimum atomic E-state index is 0.711. The molecule has 152 valence electrons. The molecular weight excluding hydrogens is 388 g/mol. The van der Waals surface area contributed by atoms with Gasteiger partial charge in [0.2, 0.25) is 0 Å². The van der Waals surface area contributed by atoms with E-state index in [0.29, 0.717) is 12.3 Å². The van der Waals surface area contributed by atoms with Crippen LogP contribution in [-0.4, -0.2) is 36.3 Å². The van der Waals surface area contributed by atoms with Gasteiger partial charge in [-0.2, -0.15) is 15.3 Å². The second-order valence-electron chi connectivity index (χ2n) is 7.21. The molecule has 0 amide bonds. The maximum absolute atomic E-state index is 5.65. The molecule has 0 aliphatic rings. The van der Waals surface area contributed by atoms with Crippen LogP contribution in [0.3, 0.4) is 0 Å². The molecular formula is C24H20N6O. The Hall–Kier alpha value is -4.31. The number of pyridine rings is 1. The summed E-state index contributed by atoms with van der Waals surface area (Å²) in [6.07, 6.45) is 11.2. The number of aryl methyl sites for hydroxylation is 1. The molecule has 0 saturated carbocycles. The normalized spacial score (nSPS) is 10.8. The Morgan fingerprint density at radius 1 is 0.903 bits per heavy atom. The van der Waals surface area contributed by atoms with Gasteiger partial charge >= 0.3 is 0 Å². The zero-order valence-electron chi connectivity index (χ0n) is 17.2. The lowest BCUT2D eigenvalue weighted by molar-refractivity contribution is 0.417. The molecule has 0 N–H and O–H groups in total. The second kappa shape index (κ2) is 7.84. The number of hydrogen-bond acceptors (Lipinski definition) is 4. The molecule has 0 bridgehead atoms. The molecule has 0 aliphatic heterocycles. The van der Waals surface area contributed by atoms with Gasteiger partial charge < -0.3 is 4.74 Å². The van der Waals surface area contributed by atoms with Crippen LogP contribution in [0.25, 0.3) is 16.6 Å². The van der Waals surface area contributed by atoms with E-state index >= 15 is 0 Å². The Kier molecular flexibility index (Phi) is 4.73. The third-order valence-corrected chi connectivity index (χ3v) is 5.00. The minimum absolute atomic E-state index is 0.711. The molecule has 0 radical (unpaired) electrons. The van der Waals surface area contributed by atoms with Gasteiger partial charge in [0, 0.05) is 36.8 Å². The molecule has 0 aliphatic carbocycles. The van der Waals surface area contributed by atoms with Crippen LogP contribution in [0.2, 0.25) is 0 Å². The summed E-state index contributed by atoms with van der Waals surface area (Å²) in [4.78, 5) is 0. The summed E-state index contributed by atoms with van der Waals surface area (Å²) in [5.41, 5.74) is 5.65. The van der Waals surface area contributed by atoms with Gasteiger partial charge in [-0.15, -0.1) is 0 Å². The Balaban J connectivity index is 1.45. The lowest BCUT2D eigenvalue weighted by Crippen LogP contribution is -1.99. The molecule has 4 heterocycles. The van der Waals surface area contributed by atoms with E-state index in [9.17, 15) is 0 Å². The Bertz CT molecular complexity index is 1410. The van der Waals surface area contributed by atoms with Crippen LogP contribution in [0.5, 0.6) is 5.75 Å². The molecule has 0 unspecified atom stereocenters. The standard InChI is InChI=1S/C24H20N6O/c1-28-16-22(13-25-28)21-10-23(31-2)24-20(12-27-30(24)17-21)9-8-19-11-26-29(15-19)14-18-6-4-3-5-7-18/h3-7,10-13,15-17H,14H2,1-2H3. The molecule has 31 heavy (non-hydrogen) atoms. The fraction of sp³-hybridized carbons (Fsp3) is 0.125. The summed E-state index contributed by atoms with van der Waals surface area (Å²) < 4.78 is 11.1. The van der Waals surface area contributed by atoms with Crippen LogP contribution in [0.15, 0.2) is 73.6 Å². The van der Waals surface area contributed by atoms with E-state index in [2.05, 4.69) is 39.3 Å². The molecule has 0 saturated heterocycles. The first-order valence-electron chi connectivity index (χ1n) is 9.82. The second-order valence-corrected chi connectivity index (χ2v) is 7.21. The Morgan fingerprint density at radius 3 is 2.55 bits per heavy atom. The number of aromatic nitrogens is 6. The average Bonchev–Trinajstić information content (AvgIpc) is 3.52. The van der Waals surface area contributed by atoms with Gasteiger partial charge in [0.1, 0.15) is 11.3 Å². The minimum Gasteiger partial charge on any atom is -0.494 e. The summed E-state index contributed by atoms with van der Waals surface area (Å²) >= 11 is 0. The van der Waals surface area contributed by atoms with E-state index in [1.807, 2.05) is 60.8 Å². The first kappa shape index (κ1) is 18.7. The third-order valence-electron chi connectivity index (χ3n) is 5.00. The summed E-state index contributed by atoms with van der Waals surface area (Å²) in [5, 5.41) is 13.1. The van der Waals surface area contributed by atoms with Gasteiger partial charge in [-0.1, -0.05) is 42.2 Å². The lowest BCUT2D eigenvalue weighted by atomic mass is 10.1. The number of rotatable bonds is 4. The van der Waals surface area contributed by atoms with Crippen molar-refractivity contribution in [3.63, 3.8) is 0 Å². The lowest BCUT2D eigenvalue weighted by Gasteiger charge is -2.06. The van der Waals surface area contributed by atoms with Gasteiger partial charge in [0.05, 0.1) is 43.4 Å². The largest absolute Gasteiger partial charge is 0.494 e. The molecule has 5 aromatic rings. The van der Waals surface area contributed by atoms with Crippen LogP contribution in [0, 0.1) is 11.8 Å². The van der Waals surface area contributed by atoms with E-state index in [0.717, 1.165) is 27.8 Å². The van der Waals surface area contributed by atoms with E-state index in [4.69, 9.17) is 4.74 Å². The van der Waals surface area contributed by atoms with Crippen LogP contribution in [0.4, 0.5) is 0 Å². The zero-order valence-corrected chi connectivity index (χ0v) is 17.2. The van der Waals surface area contributed by atoms with E-state index in [1.54, 1.807) is 28.7 Å². The maximum Gasteiger partial charge on any atom is 0.146 e. The summed E-state index contributed by atoms with van der Waals surface area (Å²) in [7, 11) is 3.54. The molecule has 4 aromatic heterocycles. The highest BCUT2D eigenvalue weighted by Gasteiger charge is 2.12. The summed E-state index contributed by atoms with van der Waals surface area (Å²) in [5.74, 6) is 7.12. The fourth-order valence-corrected chi connectivity index (χ4v) is 3.48. The monoisotopic (exact) mass is 408 g/mol. The van der Waals surface area contributed by atoms with E-state index < -0.39 is 0 Å². The number of methoxy groups -OCH3 is 1. The molecule has 1 aromatic carbocycles. The molecule has 7 nitrogen and oxygen atoms in total. The summed E-state index contributed by atoms with van der Waals surface area (Å²) in [6.45, 7) is 0.712. The van der Waals surface area contributed by atoms with E-state index in [1.165, 1.54) is 5.56 Å². The quantitative estimate of drug-likeness (QED) is 0.428. The van der Waals surface area contributed by atoms with Crippen molar-refractivity contribution in [3.8, 4) is 28.7 Å². The highest BCUT2D eigenvalue weighted by molar-refractivity contribution is 5.75. The van der Waals surface area contributed by atoms with Crippen LogP contribution >= 0.6 is 0 Å². The third kappa shape index (κ3) is 3.79. The van der Waals surface area contributed by atoms with Gasteiger partial charge in [-0.05, 0) is 11.6 Å². The number of fused-ring (bicyclic) bond motifs is 1. The number of nitrogens with zero attached hydrogens (tertiary/aromatic N) is 6. The van der Waals surface area contributed by atoms with Crippen molar-refractivity contribution in [1.29, 1.82) is 0 Å². The number of ether oxygens (including phenoxy) is 1. The number of hydrogen-bond donors (Lipinski definition) is 0. The van der Waals surface area contributed by atoms with Crippen LogP contribution in [0.1, 0.15) is 16.7 Å². The first-order valence-corrected chi connectivity index (χ1v) is 9.82. The molecule has 0 atom stereocenters. The highest BCUT2D eigenvalue weighted by Crippen LogP contribution is 2.29. The highest BCUT2D eigenvalue weighted by atomic mass is 16.5. The van der Waals surface area contributed by atoms with Crippen LogP contribution < -0.4 is 4.74 Å². The Labute approximate surface area is 179 Å². The van der Waals surface area contributed by atoms with Gasteiger partial charge in [-0.3, -0.25) is 9.36 Å². The molecule has 0 fully saturated rings. The SMILES string of the molecule is COc1cc(-c2cnn(C)c2)cn2ncc(C#Cc3cnn(Cc4ccccc4)c3)c12. The van der Waals surface area contributed by atoms with E-state index in [-0.39, 0.29) is 0 Å². The topological polar surface area (TPSA) is 62.2 Å². The van der Waals surface area contributed by atoms with Crippen molar-refractivity contribution in [2.24, 2.45) is 7.05 Å². The molecule has 5 rings (SSSR count). The van der Waals surface area contributed by atoms with Crippen molar-refractivity contribution >= 4 is 5.52 Å². The molecule has 7 heteroatoms. The van der Waals surface area contributed by atoms with Crippen molar-refractivity contribution in [2.45, 2.75) is 6.54 Å². The predicted octanol–water partition coefficient (Wildman–Crippen LogP) is 3.39. The van der Waals surface area contributed by atoms with Gasteiger partial charge in [0.25, 0.3) is 0 Å². The molecule has 0 spiro atoms. The predicted molar refractivity (Wildman–Crippen MR) is 118 cm³/mol. The summed E-state index contributed by atoms with van der Waals surface area (Å²) in [6, 6.07) is 12.2. The van der Waals surface area contributed by atoms with Crippen molar-refractivity contribution < 1.29 is 4.74 Å². The van der Waals surface area contributed by atoms with Crippen molar-refractivity contribution in [3.05, 3.63) is 90.3 Å². The Morgan fingerprint density at radius 2 is 1.77 bits per heavy atom. The fourth-order valence-electron chi connectivity index (χ4n) is 3.48.